The lowest BCUT2D eigenvalue weighted by Crippen LogP contribution is -2.44. The van der Waals surface area contributed by atoms with Crippen molar-refractivity contribution in [3.8, 4) is 0 Å². The monoisotopic (exact) mass is 317 g/mol. The van der Waals surface area contributed by atoms with Gasteiger partial charge in [-0.2, -0.15) is 0 Å². The maximum absolute atomic E-state index is 12.7. The molecule has 1 aliphatic carbocycles. The smallest absolute Gasteiger partial charge is 0.222 e. The van der Waals surface area contributed by atoms with Crippen LogP contribution in [0.3, 0.4) is 0 Å². The molecule has 1 atom stereocenters. The Morgan fingerprint density at radius 2 is 2.09 bits per heavy atom. The Bertz CT molecular complexity index is 551. The van der Waals surface area contributed by atoms with Gasteiger partial charge < -0.3 is 14.7 Å². The minimum atomic E-state index is -0.184. The third kappa shape index (κ3) is 3.59. The van der Waals surface area contributed by atoms with E-state index in [1.807, 2.05) is 11.9 Å². The number of fused-ring (bicyclic) bond motifs is 1. The van der Waals surface area contributed by atoms with Crippen LogP contribution in [0.4, 0.5) is 0 Å². The maximum atomic E-state index is 12.7. The van der Waals surface area contributed by atoms with Crippen LogP contribution in [0, 0.1) is 5.41 Å². The van der Waals surface area contributed by atoms with E-state index >= 15 is 0 Å². The highest BCUT2D eigenvalue weighted by Crippen LogP contribution is 2.36. The van der Waals surface area contributed by atoms with E-state index in [1.54, 1.807) is 0 Å². The standard InChI is InChI=1S/C19H27NO3/c1-20(13-19(14-21)8-10-23-11-9-19)18(22)12-16-7-6-15-4-2-3-5-17(15)16/h2-5,16,21H,6-14H2,1H3. The fourth-order valence-corrected chi connectivity index (χ4v) is 3.99. The number of ether oxygens (including phenoxy) is 1. The zero-order chi connectivity index (χ0) is 16.3. The van der Waals surface area contributed by atoms with Gasteiger partial charge in [0.1, 0.15) is 0 Å². The van der Waals surface area contributed by atoms with Crippen LogP contribution in [-0.2, 0) is 16.0 Å². The van der Waals surface area contributed by atoms with E-state index in [-0.39, 0.29) is 17.9 Å². The highest BCUT2D eigenvalue weighted by Gasteiger charge is 2.35. The number of amides is 1. The van der Waals surface area contributed by atoms with Crippen molar-refractivity contribution in [2.45, 2.75) is 38.0 Å². The molecular weight excluding hydrogens is 290 g/mol. The third-order valence-corrected chi connectivity index (χ3v) is 5.57. The summed E-state index contributed by atoms with van der Waals surface area (Å²) in [7, 11) is 1.87. The molecule has 1 N–H and O–H groups in total. The molecule has 1 unspecified atom stereocenters. The quantitative estimate of drug-likeness (QED) is 0.907. The van der Waals surface area contributed by atoms with Crippen molar-refractivity contribution in [3.05, 3.63) is 35.4 Å². The minimum absolute atomic E-state index is 0.125. The summed E-state index contributed by atoms with van der Waals surface area (Å²) in [6, 6.07) is 8.47. The van der Waals surface area contributed by atoms with Crippen LogP contribution in [-0.4, -0.2) is 49.3 Å². The third-order valence-electron chi connectivity index (χ3n) is 5.57. The second kappa shape index (κ2) is 7.02. The number of hydrogen-bond donors (Lipinski definition) is 1. The van der Waals surface area contributed by atoms with E-state index in [9.17, 15) is 9.90 Å². The van der Waals surface area contributed by atoms with Gasteiger partial charge in [-0.25, -0.2) is 0 Å². The first-order chi connectivity index (χ1) is 11.1. The second-order valence-electron chi connectivity index (χ2n) is 7.16. The lowest BCUT2D eigenvalue weighted by atomic mass is 9.80. The highest BCUT2D eigenvalue weighted by molar-refractivity contribution is 5.77. The van der Waals surface area contributed by atoms with Gasteiger partial charge in [0.05, 0.1) is 6.61 Å². The van der Waals surface area contributed by atoms with Crippen molar-refractivity contribution < 1.29 is 14.6 Å². The Morgan fingerprint density at radius 1 is 1.35 bits per heavy atom. The van der Waals surface area contributed by atoms with Crippen LogP contribution < -0.4 is 0 Å². The molecule has 0 bridgehead atoms. The molecular formula is C19H27NO3. The average Bonchev–Trinajstić information content (AvgIpc) is 2.99. The summed E-state index contributed by atoms with van der Waals surface area (Å²) in [5, 5.41) is 9.79. The molecule has 0 radical (unpaired) electrons. The summed E-state index contributed by atoms with van der Waals surface area (Å²) < 4.78 is 5.40. The van der Waals surface area contributed by atoms with Crippen LogP contribution in [0.2, 0.25) is 0 Å². The molecule has 0 saturated carbocycles. The van der Waals surface area contributed by atoms with Gasteiger partial charge in [-0.3, -0.25) is 4.79 Å². The highest BCUT2D eigenvalue weighted by atomic mass is 16.5. The van der Waals surface area contributed by atoms with Gasteiger partial charge in [0.15, 0.2) is 0 Å². The van der Waals surface area contributed by atoms with Crippen LogP contribution in [0.1, 0.15) is 42.7 Å². The van der Waals surface area contributed by atoms with E-state index in [1.165, 1.54) is 11.1 Å². The Labute approximate surface area is 138 Å². The summed E-state index contributed by atoms with van der Waals surface area (Å²) in [4.78, 5) is 14.5. The van der Waals surface area contributed by atoms with E-state index < -0.39 is 0 Å². The normalized spacial score (nSPS) is 22.6. The Kier molecular flexibility index (Phi) is 5.02. The minimum Gasteiger partial charge on any atom is -0.396 e. The molecule has 2 aliphatic rings. The number of aliphatic hydroxyl groups is 1. The summed E-state index contributed by atoms with van der Waals surface area (Å²) in [5.74, 6) is 0.534. The number of rotatable bonds is 5. The van der Waals surface area contributed by atoms with Gasteiger partial charge in [-0.1, -0.05) is 24.3 Å². The number of benzene rings is 1. The van der Waals surface area contributed by atoms with Gasteiger partial charge in [-0.05, 0) is 42.7 Å². The lowest BCUT2D eigenvalue weighted by Gasteiger charge is -2.38. The maximum Gasteiger partial charge on any atom is 0.222 e. The number of aryl methyl sites for hydroxylation is 1. The molecule has 1 saturated heterocycles. The Balaban J connectivity index is 1.60. The van der Waals surface area contributed by atoms with Crippen LogP contribution >= 0.6 is 0 Å². The lowest BCUT2D eigenvalue weighted by molar-refractivity contribution is -0.133. The van der Waals surface area contributed by atoms with Crippen molar-refractivity contribution in [1.29, 1.82) is 0 Å². The van der Waals surface area contributed by atoms with Gasteiger partial charge in [-0.15, -0.1) is 0 Å². The number of carbonyl (C=O) groups is 1. The van der Waals surface area contributed by atoms with E-state index in [0.717, 1.165) is 25.7 Å². The largest absolute Gasteiger partial charge is 0.396 e. The summed E-state index contributed by atoms with van der Waals surface area (Å²) in [6.07, 6.45) is 4.37. The number of nitrogens with zero attached hydrogens (tertiary/aromatic N) is 1. The van der Waals surface area contributed by atoms with Crippen molar-refractivity contribution >= 4 is 5.91 Å². The summed E-state index contributed by atoms with van der Waals surface area (Å²) in [6.45, 7) is 2.11. The molecule has 4 nitrogen and oxygen atoms in total. The second-order valence-corrected chi connectivity index (χ2v) is 7.16. The molecule has 1 aromatic rings. The number of carbonyl (C=O) groups excluding carboxylic acids is 1. The first kappa shape index (κ1) is 16.5. The molecule has 126 valence electrons. The van der Waals surface area contributed by atoms with Crippen molar-refractivity contribution in [2.24, 2.45) is 5.41 Å². The fraction of sp³-hybridized carbons (Fsp3) is 0.632. The predicted molar refractivity (Wildman–Crippen MR) is 89.3 cm³/mol. The van der Waals surface area contributed by atoms with Gasteiger partial charge in [0.2, 0.25) is 5.91 Å². The molecule has 1 amide bonds. The van der Waals surface area contributed by atoms with Crippen molar-refractivity contribution in [1.82, 2.24) is 4.90 Å². The molecule has 1 heterocycles. The molecule has 4 heteroatoms. The van der Waals surface area contributed by atoms with Crippen LogP contribution in [0.5, 0.6) is 0 Å². The average molecular weight is 317 g/mol. The zero-order valence-corrected chi connectivity index (χ0v) is 14.0. The van der Waals surface area contributed by atoms with Crippen LogP contribution in [0.15, 0.2) is 24.3 Å². The van der Waals surface area contributed by atoms with Gasteiger partial charge in [0.25, 0.3) is 0 Å². The molecule has 23 heavy (non-hydrogen) atoms. The van der Waals surface area contributed by atoms with Crippen molar-refractivity contribution in [2.75, 3.05) is 33.4 Å². The molecule has 3 rings (SSSR count). The van der Waals surface area contributed by atoms with E-state index in [0.29, 0.717) is 32.1 Å². The Hall–Kier alpha value is -1.39. The molecule has 0 aromatic heterocycles. The predicted octanol–water partition coefficient (Wildman–Crippen LogP) is 2.35. The fourth-order valence-electron chi connectivity index (χ4n) is 3.99. The first-order valence-electron chi connectivity index (χ1n) is 8.64. The van der Waals surface area contributed by atoms with Gasteiger partial charge >= 0.3 is 0 Å². The molecule has 1 aliphatic heterocycles. The Morgan fingerprint density at radius 3 is 2.83 bits per heavy atom. The molecule has 0 spiro atoms. The van der Waals surface area contributed by atoms with Crippen molar-refractivity contribution in [3.63, 3.8) is 0 Å². The zero-order valence-electron chi connectivity index (χ0n) is 14.0. The van der Waals surface area contributed by atoms with Gasteiger partial charge in [0, 0.05) is 38.6 Å². The number of aliphatic hydroxyl groups excluding tert-OH is 1. The molecule has 1 aromatic carbocycles. The first-order valence-corrected chi connectivity index (χ1v) is 8.64. The SMILES string of the molecule is CN(CC1(CO)CCOCC1)C(=O)CC1CCc2ccccc21. The summed E-state index contributed by atoms with van der Waals surface area (Å²) in [5.41, 5.74) is 2.55. The summed E-state index contributed by atoms with van der Waals surface area (Å²) >= 11 is 0. The topological polar surface area (TPSA) is 49.8 Å². The van der Waals surface area contributed by atoms with Crippen LogP contribution in [0.25, 0.3) is 0 Å². The van der Waals surface area contributed by atoms with E-state index in [4.69, 9.17) is 4.74 Å². The number of hydrogen-bond acceptors (Lipinski definition) is 3. The molecule has 1 fully saturated rings. The van der Waals surface area contributed by atoms with E-state index in [2.05, 4.69) is 24.3 Å².